The van der Waals surface area contributed by atoms with Crippen molar-refractivity contribution in [2.24, 2.45) is 0 Å². The third kappa shape index (κ3) is 1.48. The number of rotatable bonds is 1. The lowest BCUT2D eigenvalue weighted by Gasteiger charge is -2.08. The molecule has 2 heteroatoms. The van der Waals surface area contributed by atoms with Crippen molar-refractivity contribution in [3.05, 3.63) is 28.3 Å². The zero-order chi connectivity index (χ0) is 8.43. The summed E-state index contributed by atoms with van der Waals surface area (Å²) < 4.78 is 5.17. The van der Waals surface area contributed by atoms with Gasteiger partial charge in [-0.1, -0.05) is 17.7 Å². The van der Waals surface area contributed by atoms with E-state index in [9.17, 15) is 0 Å². The molecule has 1 nitrogen and oxygen atoms in total. The second kappa shape index (κ2) is 3.14. The average molecular weight is 171 g/mol. The first-order valence-corrected chi connectivity index (χ1v) is 3.84. The van der Waals surface area contributed by atoms with Crippen molar-refractivity contribution in [2.45, 2.75) is 13.8 Å². The van der Waals surface area contributed by atoms with Gasteiger partial charge in [-0.05, 0) is 25.5 Å². The van der Waals surface area contributed by atoms with Gasteiger partial charge in [0.15, 0.2) is 0 Å². The van der Waals surface area contributed by atoms with Crippen molar-refractivity contribution in [1.29, 1.82) is 0 Å². The molecule has 0 heterocycles. The summed E-state index contributed by atoms with van der Waals surface area (Å²) in [6.45, 7) is 3.95. The van der Waals surface area contributed by atoms with Gasteiger partial charge in [0, 0.05) is 10.6 Å². The fourth-order valence-electron chi connectivity index (χ4n) is 1.12. The Bertz CT molecular complexity index is 269. The van der Waals surface area contributed by atoms with Gasteiger partial charge in [-0.25, -0.2) is 0 Å². The molecule has 0 aliphatic rings. The van der Waals surface area contributed by atoms with Crippen LogP contribution >= 0.6 is 11.6 Å². The molecule has 0 amide bonds. The topological polar surface area (TPSA) is 9.23 Å². The van der Waals surface area contributed by atoms with Crippen LogP contribution in [-0.4, -0.2) is 7.11 Å². The highest BCUT2D eigenvalue weighted by Crippen LogP contribution is 2.28. The SMILES string of the molecule is COc1c(C)ccc(Cl)c1C. The average Bonchev–Trinajstić information content (AvgIpc) is 1.99. The molecule has 0 aliphatic carbocycles. The monoisotopic (exact) mass is 170 g/mol. The minimum absolute atomic E-state index is 0.757. The first kappa shape index (κ1) is 8.41. The van der Waals surface area contributed by atoms with Crippen LogP contribution in [0.25, 0.3) is 0 Å². The molecule has 0 aliphatic heterocycles. The van der Waals surface area contributed by atoms with E-state index in [1.54, 1.807) is 7.11 Å². The highest BCUT2D eigenvalue weighted by atomic mass is 35.5. The number of methoxy groups -OCH3 is 1. The van der Waals surface area contributed by atoms with Crippen molar-refractivity contribution in [2.75, 3.05) is 7.11 Å². The third-order valence-electron chi connectivity index (χ3n) is 1.74. The predicted molar refractivity (Wildman–Crippen MR) is 47.5 cm³/mol. The smallest absolute Gasteiger partial charge is 0.126 e. The van der Waals surface area contributed by atoms with Crippen LogP contribution in [-0.2, 0) is 0 Å². The Morgan fingerprint density at radius 1 is 1.27 bits per heavy atom. The van der Waals surface area contributed by atoms with Crippen molar-refractivity contribution in [3.63, 3.8) is 0 Å². The van der Waals surface area contributed by atoms with E-state index in [4.69, 9.17) is 16.3 Å². The molecular weight excluding hydrogens is 160 g/mol. The van der Waals surface area contributed by atoms with Crippen molar-refractivity contribution in [1.82, 2.24) is 0 Å². The second-order valence-electron chi connectivity index (χ2n) is 2.52. The molecule has 1 rings (SSSR count). The van der Waals surface area contributed by atoms with E-state index in [1.165, 1.54) is 0 Å². The first-order chi connectivity index (χ1) is 5.16. The van der Waals surface area contributed by atoms with Crippen LogP contribution < -0.4 is 4.74 Å². The van der Waals surface area contributed by atoms with Gasteiger partial charge in [0.2, 0.25) is 0 Å². The molecule has 0 N–H and O–H groups in total. The summed E-state index contributed by atoms with van der Waals surface area (Å²) in [5.41, 5.74) is 2.13. The van der Waals surface area contributed by atoms with E-state index in [-0.39, 0.29) is 0 Å². The van der Waals surface area contributed by atoms with Crippen LogP contribution in [0.4, 0.5) is 0 Å². The standard InChI is InChI=1S/C9H11ClO/c1-6-4-5-8(10)7(2)9(6)11-3/h4-5H,1-3H3. The van der Waals surface area contributed by atoms with Crippen LogP contribution in [0.5, 0.6) is 5.75 Å². The third-order valence-corrected chi connectivity index (χ3v) is 2.15. The summed E-state index contributed by atoms with van der Waals surface area (Å²) in [6, 6.07) is 3.84. The minimum Gasteiger partial charge on any atom is -0.496 e. The normalized spacial score (nSPS) is 9.82. The lowest BCUT2D eigenvalue weighted by atomic mass is 10.1. The van der Waals surface area contributed by atoms with Crippen LogP contribution in [0.2, 0.25) is 5.02 Å². The fraction of sp³-hybridized carbons (Fsp3) is 0.333. The lowest BCUT2D eigenvalue weighted by molar-refractivity contribution is 0.408. The molecule has 1 aromatic carbocycles. The number of halogens is 1. The Morgan fingerprint density at radius 3 is 2.36 bits per heavy atom. The quantitative estimate of drug-likeness (QED) is 0.630. The number of aryl methyl sites for hydroxylation is 1. The van der Waals surface area contributed by atoms with E-state index in [1.807, 2.05) is 26.0 Å². The number of hydrogen-bond acceptors (Lipinski definition) is 1. The molecular formula is C9H11ClO. The van der Waals surface area contributed by atoms with Crippen LogP contribution in [0.15, 0.2) is 12.1 Å². The first-order valence-electron chi connectivity index (χ1n) is 3.46. The Kier molecular flexibility index (Phi) is 2.40. The van der Waals surface area contributed by atoms with Crippen molar-refractivity contribution in [3.8, 4) is 5.75 Å². The van der Waals surface area contributed by atoms with Gasteiger partial charge in [0.05, 0.1) is 7.11 Å². The Balaban J connectivity index is 3.29. The molecule has 60 valence electrons. The maximum absolute atomic E-state index is 5.88. The molecule has 0 saturated heterocycles. The summed E-state index contributed by atoms with van der Waals surface area (Å²) in [6.07, 6.45) is 0. The summed E-state index contributed by atoms with van der Waals surface area (Å²) in [5.74, 6) is 0.887. The summed E-state index contributed by atoms with van der Waals surface area (Å²) in [4.78, 5) is 0. The molecule has 0 saturated carbocycles. The molecule has 0 spiro atoms. The van der Waals surface area contributed by atoms with Gasteiger partial charge in [-0.2, -0.15) is 0 Å². The number of benzene rings is 1. The molecule has 1 aromatic rings. The minimum atomic E-state index is 0.757. The fourth-order valence-corrected chi connectivity index (χ4v) is 1.27. The highest BCUT2D eigenvalue weighted by Gasteiger charge is 2.04. The van der Waals surface area contributed by atoms with E-state index < -0.39 is 0 Å². The van der Waals surface area contributed by atoms with Gasteiger partial charge in [-0.15, -0.1) is 0 Å². The Hall–Kier alpha value is -0.690. The van der Waals surface area contributed by atoms with Crippen LogP contribution in [0, 0.1) is 13.8 Å². The highest BCUT2D eigenvalue weighted by molar-refractivity contribution is 6.31. The van der Waals surface area contributed by atoms with Crippen molar-refractivity contribution < 1.29 is 4.74 Å². The Morgan fingerprint density at radius 2 is 1.91 bits per heavy atom. The van der Waals surface area contributed by atoms with Crippen molar-refractivity contribution >= 4 is 11.6 Å². The molecule has 0 bridgehead atoms. The van der Waals surface area contributed by atoms with E-state index in [0.29, 0.717) is 0 Å². The molecule has 0 aromatic heterocycles. The molecule has 0 fully saturated rings. The van der Waals surface area contributed by atoms with E-state index in [0.717, 1.165) is 21.9 Å². The van der Waals surface area contributed by atoms with Gasteiger partial charge in [0.1, 0.15) is 5.75 Å². The maximum atomic E-state index is 5.88. The summed E-state index contributed by atoms with van der Waals surface area (Å²) in [5, 5.41) is 0.757. The largest absolute Gasteiger partial charge is 0.496 e. The number of ether oxygens (including phenoxy) is 1. The molecule has 0 unspecified atom stereocenters. The van der Waals surface area contributed by atoms with Gasteiger partial charge < -0.3 is 4.74 Å². The van der Waals surface area contributed by atoms with E-state index in [2.05, 4.69) is 0 Å². The molecule has 0 radical (unpaired) electrons. The maximum Gasteiger partial charge on any atom is 0.126 e. The lowest BCUT2D eigenvalue weighted by Crippen LogP contribution is -1.90. The zero-order valence-electron chi connectivity index (χ0n) is 6.94. The Labute approximate surface area is 71.9 Å². The predicted octanol–water partition coefficient (Wildman–Crippen LogP) is 2.97. The summed E-state index contributed by atoms with van der Waals surface area (Å²) >= 11 is 5.88. The zero-order valence-corrected chi connectivity index (χ0v) is 7.70. The summed E-state index contributed by atoms with van der Waals surface area (Å²) in [7, 11) is 1.66. The number of hydrogen-bond donors (Lipinski definition) is 0. The molecule has 11 heavy (non-hydrogen) atoms. The van der Waals surface area contributed by atoms with E-state index >= 15 is 0 Å². The van der Waals surface area contributed by atoms with Gasteiger partial charge >= 0.3 is 0 Å². The van der Waals surface area contributed by atoms with Crippen LogP contribution in [0.1, 0.15) is 11.1 Å². The van der Waals surface area contributed by atoms with Gasteiger partial charge in [-0.3, -0.25) is 0 Å². The van der Waals surface area contributed by atoms with Gasteiger partial charge in [0.25, 0.3) is 0 Å². The second-order valence-corrected chi connectivity index (χ2v) is 2.93. The molecule has 0 atom stereocenters. The van der Waals surface area contributed by atoms with Crippen LogP contribution in [0.3, 0.4) is 0 Å².